The molecular formula is C12H13BrN4O. The van der Waals surface area contributed by atoms with E-state index in [0.717, 1.165) is 4.47 Å². The highest BCUT2D eigenvalue weighted by molar-refractivity contribution is 9.10. The molecule has 0 atom stereocenters. The topological polar surface area (TPSA) is 59.8 Å². The molecule has 1 amide bonds. The number of rotatable bonds is 3. The first-order valence-electron chi connectivity index (χ1n) is 5.52. The van der Waals surface area contributed by atoms with E-state index in [9.17, 15) is 4.79 Å². The molecule has 0 spiro atoms. The molecule has 0 aliphatic carbocycles. The monoisotopic (exact) mass is 308 g/mol. The predicted octanol–water partition coefficient (Wildman–Crippen LogP) is 2.87. The average Bonchev–Trinajstić information content (AvgIpc) is 2.73. The van der Waals surface area contributed by atoms with E-state index >= 15 is 0 Å². The van der Waals surface area contributed by atoms with Crippen LogP contribution < -0.4 is 5.32 Å². The lowest BCUT2D eigenvalue weighted by Gasteiger charge is -2.12. The highest BCUT2D eigenvalue weighted by Gasteiger charge is 2.15. The smallest absolute Gasteiger partial charge is 0.273 e. The first-order valence-corrected chi connectivity index (χ1v) is 6.32. The molecule has 0 bridgehead atoms. The Morgan fingerprint density at radius 1 is 1.44 bits per heavy atom. The van der Waals surface area contributed by atoms with Crippen molar-refractivity contribution in [3.8, 4) is 0 Å². The molecular weight excluding hydrogens is 296 g/mol. The zero-order valence-electron chi connectivity index (χ0n) is 10.1. The summed E-state index contributed by atoms with van der Waals surface area (Å²) in [7, 11) is 0. The first-order chi connectivity index (χ1) is 8.58. The summed E-state index contributed by atoms with van der Waals surface area (Å²) in [5.74, 6) is 0.241. The number of carbonyl (C=O) groups is 1. The van der Waals surface area contributed by atoms with E-state index in [4.69, 9.17) is 0 Å². The molecule has 0 saturated heterocycles. The summed E-state index contributed by atoms with van der Waals surface area (Å²) in [6.45, 7) is 4.04. The summed E-state index contributed by atoms with van der Waals surface area (Å²) in [5, 5.41) is 2.71. The number of hydrogen-bond donors (Lipinski definition) is 1. The lowest BCUT2D eigenvalue weighted by Crippen LogP contribution is -2.18. The number of aromatic nitrogens is 3. The third-order valence-corrected chi connectivity index (χ3v) is 2.84. The Hall–Kier alpha value is -1.69. The number of nitrogens with one attached hydrogen (secondary N) is 1. The van der Waals surface area contributed by atoms with E-state index in [-0.39, 0.29) is 11.9 Å². The maximum atomic E-state index is 12.1. The first kappa shape index (κ1) is 12.8. The third kappa shape index (κ3) is 2.76. The molecule has 18 heavy (non-hydrogen) atoms. The van der Waals surface area contributed by atoms with Crippen molar-refractivity contribution in [1.29, 1.82) is 0 Å². The van der Waals surface area contributed by atoms with Gasteiger partial charge < -0.3 is 9.88 Å². The minimum Gasteiger partial charge on any atom is -0.340 e. The van der Waals surface area contributed by atoms with Crippen molar-refractivity contribution in [1.82, 2.24) is 14.5 Å². The van der Waals surface area contributed by atoms with Gasteiger partial charge in [0.05, 0.1) is 6.20 Å². The molecule has 6 heteroatoms. The molecule has 2 rings (SSSR count). The Balaban J connectivity index is 2.24. The molecule has 0 saturated carbocycles. The van der Waals surface area contributed by atoms with Gasteiger partial charge in [-0.05, 0) is 35.8 Å². The number of anilines is 1. The Bertz CT molecular complexity index is 550. The fraction of sp³-hybridized carbons (Fsp3) is 0.250. The molecule has 2 heterocycles. The van der Waals surface area contributed by atoms with Crippen molar-refractivity contribution in [2.24, 2.45) is 0 Å². The van der Waals surface area contributed by atoms with Gasteiger partial charge in [-0.25, -0.2) is 4.98 Å². The number of amides is 1. The Morgan fingerprint density at radius 3 is 2.83 bits per heavy atom. The fourth-order valence-corrected chi connectivity index (χ4v) is 2.04. The van der Waals surface area contributed by atoms with Gasteiger partial charge in [0.15, 0.2) is 5.82 Å². The van der Waals surface area contributed by atoms with E-state index in [2.05, 4.69) is 31.2 Å². The Labute approximate surface area is 113 Å². The second-order valence-electron chi connectivity index (χ2n) is 4.09. The molecule has 94 valence electrons. The molecule has 0 aliphatic rings. The van der Waals surface area contributed by atoms with Crippen molar-refractivity contribution in [2.75, 3.05) is 5.32 Å². The molecule has 2 aromatic rings. The van der Waals surface area contributed by atoms with Gasteiger partial charge in [-0.2, -0.15) is 0 Å². The van der Waals surface area contributed by atoms with E-state index < -0.39 is 0 Å². The number of nitrogens with zero attached hydrogens (tertiary/aromatic N) is 3. The maximum absolute atomic E-state index is 12.1. The van der Waals surface area contributed by atoms with Crippen molar-refractivity contribution in [3.63, 3.8) is 0 Å². The Kier molecular flexibility index (Phi) is 3.76. The van der Waals surface area contributed by atoms with Crippen LogP contribution in [0.5, 0.6) is 0 Å². The summed E-state index contributed by atoms with van der Waals surface area (Å²) < 4.78 is 2.77. The molecule has 0 aromatic carbocycles. The van der Waals surface area contributed by atoms with E-state index in [1.165, 1.54) is 12.4 Å². The molecule has 0 aliphatic heterocycles. The van der Waals surface area contributed by atoms with Crippen LogP contribution in [0.1, 0.15) is 30.4 Å². The number of hydrogen-bond acceptors (Lipinski definition) is 3. The normalized spacial score (nSPS) is 10.7. The van der Waals surface area contributed by atoms with Crippen LogP contribution in [0.2, 0.25) is 0 Å². The van der Waals surface area contributed by atoms with E-state index in [1.807, 2.05) is 24.6 Å². The van der Waals surface area contributed by atoms with Gasteiger partial charge in [-0.15, -0.1) is 0 Å². The van der Waals surface area contributed by atoms with Gasteiger partial charge in [0.25, 0.3) is 5.91 Å². The van der Waals surface area contributed by atoms with Crippen LogP contribution in [0, 0.1) is 0 Å². The van der Waals surface area contributed by atoms with Gasteiger partial charge in [-0.1, -0.05) is 0 Å². The quantitative estimate of drug-likeness (QED) is 0.948. The minimum absolute atomic E-state index is 0.199. The maximum Gasteiger partial charge on any atom is 0.273 e. The lowest BCUT2D eigenvalue weighted by atomic mass is 10.3. The van der Waals surface area contributed by atoms with Crippen LogP contribution in [0.3, 0.4) is 0 Å². The van der Waals surface area contributed by atoms with Crippen molar-refractivity contribution < 1.29 is 4.79 Å². The van der Waals surface area contributed by atoms with Crippen molar-refractivity contribution in [2.45, 2.75) is 19.9 Å². The van der Waals surface area contributed by atoms with E-state index in [1.54, 1.807) is 12.3 Å². The van der Waals surface area contributed by atoms with Crippen LogP contribution in [-0.2, 0) is 0 Å². The SMILES string of the molecule is CC(C)n1cc(Br)cc1C(=O)Nc1cnccn1. The molecule has 2 aromatic heterocycles. The van der Waals surface area contributed by atoms with Gasteiger partial charge in [0.2, 0.25) is 0 Å². The van der Waals surface area contributed by atoms with Crippen molar-refractivity contribution >= 4 is 27.7 Å². The largest absolute Gasteiger partial charge is 0.340 e. The average molecular weight is 309 g/mol. The molecule has 1 N–H and O–H groups in total. The molecule has 5 nitrogen and oxygen atoms in total. The van der Waals surface area contributed by atoms with E-state index in [0.29, 0.717) is 11.5 Å². The zero-order valence-corrected chi connectivity index (χ0v) is 11.7. The lowest BCUT2D eigenvalue weighted by molar-refractivity contribution is 0.101. The third-order valence-electron chi connectivity index (χ3n) is 2.41. The fourth-order valence-electron chi connectivity index (χ4n) is 1.60. The predicted molar refractivity (Wildman–Crippen MR) is 72.5 cm³/mol. The summed E-state index contributed by atoms with van der Waals surface area (Å²) in [6.07, 6.45) is 6.49. The highest BCUT2D eigenvalue weighted by Crippen LogP contribution is 2.20. The summed E-state index contributed by atoms with van der Waals surface area (Å²) in [6, 6.07) is 1.99. The zero-order chi connectivity index (χ0) is 13.1. The summed E-state index contributed by atoms with van der Waals surface area (Å²) in [5.41, 5.74) is 0.586. The van der Waals surface area contributed by atoms with Crippen LogP contribution in [-0.4, -0.2) is 20.4 Å². The highest BCUT2D eigenvalue weighted by atomic mass is 79.9. The summed E-state index contributed by atoms with van der Waals surface area (Å²) in [4.78, 5) is 20.0. The molecule has 0 unspecified atom stereocenters. The molecule has 0 radical (unpaired) electrons. The number of carbonyl (C=O) groups excluding carboxylic acids is 1. The van der Waals surface area contributed by atoms with Crippen LogP contribution in [0.4, 0.5) is 5.82 Å². The van der Waals surface area contributed by atoms with Crippen LogP contribution >= 0.6 is 15.9 Å². The van der Waals surface area contributed by atoms with Crippen LogP contribution in [0.25, 0.3) is 0 Å². The second kappa shape index (κ2) is 5.30. The standard InChI is InChI=1S/C12H13BrN4O/c1-8(2)17-7-9(13)5-10(17)12(18)16-11-6-14-3-4-15-11/h3-8H,1-2H3,(H,15,16,18). The van der Waals surface area contributed by atoms with Gasteiger partial charge in [0, 0.05) is 29.1 Å². The minimum atomic E-state index is -0.199. The van der Waals surface area contributed by atoms with Gasteiger partial charge >= 0.3 is 0 Å². The van der Waals surface area contributed by atoms with Crippen molar-refractivity contribution in [3.05, 3.63) is 41.0 Å². The second-order valence-corrected chi connectivity index (χ2v) is 5.01. The number of halogens is 1. The van der Waals surface area contributed by atoms with Gasteiger partial charge in [0.1, 0.15) is 5.69 Å². The van der Waals surface area contributed by atoms with Gasteiger partial charge in [-0.3, -0.25) is 9.78 Å². The summed E-state index contributed by atoms with van der Waals surface area (Å²) >= 11 is 3.38. The molecule has 0 fully saturated rings. The van der Waals surface area contributed by atoms with Crippen LogP contribution in [0.15, 0.2) is 35.3 Å². The Morgan fingerprint density at radius 2 is 2.22 bits per heavy atom.